The molecule has 0 spiro atoms. The number of likely N-dealkylation sites (tertiary alicyclic amines) is 1. The summed E-state index contributed by atoms with van der Waals surface area (Å²) in [6.45, 7) is 2.85. The molecule has 0 saturated carbocycles. The van der Waals surface area contributed by atoms with Crippen LogP contribution in [0.4, 0.5) is 5.82 Å². The van der Waals surface area contributed by atoms with Gasteiger partial charge in [-0.3, -0.25) is 9.79 Å². The molecule has 1 aromatic carbocycles. The van der Waals surface area contributed by atoms with Gasteiger partial charge in [0.25, 0.3) is 5.91 Å². The molecule has 1 aromatic heterocycles. The zero-order valence-electron chi connectivity index (χ0n) is 16.9. The number of aromatic amines is 1. The Kier molecular flexibility index (Phi) is 4.69. The zero-order chi connectivity index (χ0) is 20.7. The van der Waals surface area contributed by atoms with Crippen LogP contribution in [0.25, 0.3) is 6.08 Å². The number of carbonyl (C=O) groups excluding carboxylic acids is 2. The fourth-order valence-corrected chi connectivity index (χ4v) is 4.34. The molecule has 1 atom stereocenters. The van der Waals surface area contributed by atoms with Crippen molar-refractivity contribution >= 4 is 23.8 Å². The van der Waals surface area contributed by atoms with E-state index in [9.17, 15) is 9.59 Å². The molecule has 2 aromatic rings. The van der Waals surface area contributed by atoms with E-state index in [1.54, 1.807) is 6.07 Å². The molecule has 1 fully saturated rings. The topological polar surface area (TPSA) is 87.2 Å². The molecule has 8 nitrogen and oxygen atoms in total. The predicted molar refractivity (Wildman–Crippen MR) is 110 cm³/mol. The summed E-state index contributed by atoms with van der Waals surface area (Å²) in [7, 11) is 1.38. The summed E-state index contributed by atoms with van der Waals surface area (Å²) in [5.74, 6) is 1.18. The van der Waals surface area contributed by atoms with Crippen LogP contribution in [0.15, 0.2) is 29.3 Å². The van der Waals surface area contributed by atoms with Crippen LogP contribution >= 0.6 is 0 Å². The van der Waals surface area contributed by atoms with Crippen LogP contribution in [0.2, 0.25) is 0 Å². The second kappa shape index (κ2) is 7.51. The van der Waals surface area contributed by atoms with Crippen LogP contribution in [0.5, 0.6) is 5.75 Å². The molecule has 0 bridgehead atoms. The van der Waals surface area contributed by atoms with Crippen molar-refractivity contribution in [1.29, 1.82) is 0 Å². The lowest BCUT2D eigenvalue weighted by Gasteiger charge is -2.34. The molecule has 5 rings (SSSR count). The number of amides is 1. The summed E-state index contributed by atoms with van der Waals surface area (Å²) in [6.07, 6.45) is 4.81. The van der Waals surface area contributed by atoms with E-state index in [1.165, 1.54) is 7.11 Å². The number of hydrogen-bond acceptors (Lipinski definition) is 6. The highest BCUT2D eigenvalue weighted by molar-refractivity contribution is 5.94. The minimum absolute atomic E-state index is 0.0262. The first kappa shape index (κ1) is 18.7. The molecule has 8 heteroatoms. The summed E-state index contributed by atoms with van der Waals surface area (Å²) >= 11 is 0. The third kappa shape index (κ3) is 3.22. The van der Waals surface area contributed by atoms with E-state index in [0.717, 1.165) is 42.3 Å². The Labute approximate surface area is 173 Å². The highest BCUT2D eigenvalue weighted by Gasteiger charge is 2.30. The van der Waals surface area contributed by atoms with Gasteiger partial charge in [0.2, 0.25) is 0 Å². The molecule has 0 radical (unpaired) electrons. The summed E-state index contributed by atoms with van der Waals surface area (Å²) in [5.41, 5.74) is 1.08. The Morgan fingerprint density at radius 1 is 1.20 bits per heavy atom. The zero-order valence-corrected chi connectivity index (χ0v) is 16.9. The van der Waals surface area contributed by atoms with Crippen LogP contribution < -0.4 is 20.2 Å². The lowest BCUT2D eigenvalue weighted by molar-refractivity contribution is 0.0600. The van der Waals surface area contributed by atoms with Gasteiger partial charge in [0.1, 0.15) is 18.5 Å². The van der Waals surface area contributed by atoms with Crippen LogP contribution in [-0.2, 0) is 4.74 Å². The van der Waals surface area contributed by atoms with Gasteiger partial charge in [-0.1, -0.05) is 6.08 Å². The molecule has 3 aliphatic heterocycles. The first-order valence-corrected chi connectivity index (χ1v) is 10.3. The van der Waals surface area contributed by atoms with Gasteiger partial charge in [-0.05, 0) is 36.3 Å². The number of aromatic nitrogens is 1. The number of anilines is 1. The number of nitrogens with zero attached hydrogens (tertiary/aromatic N) is 3. The Balaban J connectivity index is 1.43. The highest BCUT2D eigenvalue weighted by Crippen LogP contribution is 2.35. The van der Waals surface area contributed by atoms with Crippen LogP contribution in [0, 0.1) is 0 Å². The van der Waals surface area contributed by atoms with Crippen LogP contribution in [0.3, 0.4) is 0 Å². The van der Waals surface area contributed by atoms with Gasteiger partial charge in [0, 0.05) is 25.6 Å². The molecule has 0 aliphatic carbocycles. The van der Waals surface area contributed by atoms with Crippen molar-refractivity contribution in [3.05, 3.63) is 46.1 Å². The number of methoxy groups -OCH3 is 1. The van der Waals surface area contributed by atoms with Crippen molar-refractivity contribution < 1.29 is 19.1 Å². The molecule has 156 valence electrons. The number of fused-ring (bicyclic) bond motifs is 2. The van der Waals surface area contributed by atoms with Crippen molar-refractivity contribution in [1.82, 2.24) is 9.88 Å². The van der Waals surface area contributed by atoms with Gasteiger partial charge >= 0.3 is 5.97 Å². The molecule has 4 heterocycles. The minimum Gasteiger partial charge on any atom is -0.488 e. The number of carbonyl (C=O) groups is 2. The summed E-state index contributed by atoms with van der Waals surface area (Å²) < 4.78 is 10.6. The number of rotatable bonds is 3. The maximum atomic E-state index is 12.8. The minimum atomic E-state index is -0.354. The first-order chi connectivity index (χ1) is 14.6. The van der Waals surface area contributed by atoms with E-state index in [1.807, 2.05) is 23.1 Å². The number of benzene rings is 1. The van der Waals surface area contributed by atoms with Crippen LogP contribution in [-0.4, -0.2) is 61.3 Å². The molecule has 1 amide bonds. The van der Waals surface area contributed by atoms with Gasteiger partial charge in [0.05, 0.1) is 24.6 Å². The summed E-state index contributed by atoms with van der Waals surface area (Å²) in [5, 5.41) is 1.77. The summed E-state index contributed by atoms with van der Waals surface area (Å²) in [6, 6.07) is 7.21. The van der Waals surface area contributed by atoms with E-state index in [4.69, 9.17) is 14.5 Å². The average molecular weight is 408 g/mol. The number of ether oxygens (including phenoxy) is 2. The lowest BCUT2D eigenvalue weighted by atomic mass is 10.1. The van der Waals surface area contributed by atoms with E-state index in [2.05, 4.69) is 16.0 Å². The lowest BCUT2D eigenvalue weighted by Crippen LogP contribution is -2.44. The van der Waals surface area contributed by atoms with Crippen LogP contribution in [0.1, 0.15) is 40.1 Å². The van der Waals surface area contributed by atoms with Gasteiger partial charge in [-0.2, -0.15) is 0 Å². The van der Waals surface area contributed by atoms with E-state index < -0.39 is 0 Å². The second-order valence-corrected chi connectivity index (χ2v) is 7.75. The predicted octanol–water partition coefficient (Wildman–Crippen LogP) is 1.07. The number of H-pyrrole nitrogens is 1. The monoisotopic (exact) mass is 408 g/mol. The smallest absolute Gasteiger partial charge is 0.337 e. The summed E-state index contributed by atoms with van der Waals surface area (Å²) in [4.78, 5) is 36.8. The SMILES string of the molecule is COC(=O)c1ccc2c(c1)=CCC(N1CCOc3cc(C(=O)N4CCCC4)[nH]c31)N=2. The van der Waals surface area contributed by atoms with E-state index in [0.29, 0.717) is 36.6 Å². The van der Waals surface area contributed by atoms with Gasteiger partial charge in [-0.15, -0.1) is 0 Å². The molecule has 1 N–H and O–H groups in total. The van der Waals surface area contributed by atoms with Crippen molar-refractivity contribution in [2.45, 2.75) is 25.4 Å². The molecule has 30 heavy (non-hydrogen) atoms. The van der Waals surface area contributed by atoms with E-state index >= 15 is 0 Å². The fraction of sp³-hybridized carbons (Fsp3) is 0.409. The largest absolute Gasteiger partial charge is 0.488 e. The van der Waals surface area contributed by atoms with Crippen molar-refractivity contribution in [2.75, 3.05) is 38.3 Å². The Bertz CT molecular complexity index is 1120. The van der Waals surface area contributed by atoms with Gasteiger partial charge < -0.3 is 24.3 Å². The number of hydrogen-bond donors (Lipinski definition) is 1. The Morgan fingerprint density at radius 3 is 2.83 bits per heavy atom. The third-order valence-corrected chi connectivity index (χ3v) is 5.91. The standard InChI is InChI=1S/C22H24N4O4/c1-29-22(28)15-4-6-16-14(12-15)5-7-19(23-16)26-10-11-30-18-13-17(24-20(18)26)21(27)25-8-2-3-9-25/h4-6,12-13,19,24H,2-3,7-11H2,1H3. The number of esters is 1. The molecule has 1 unspecified atom stereocenters. The maximum absolute atomic E-state index is 12.8. The van der Waals surface area contributed by atoms with Gasteiger partial charge in [0.15, 0.2) is 11.6 Å². The van der Waals surface area contributed by atoms with Gasteiger partial charge in [-0.25, -0.2) is 4.79 Å². The molecule has 3 aliphatic rings. The fourth-order valence-electron chi connectivity index (χ4n) is 4.34. The number of nitrogens with one attached hydrogen (secondary N) is 1. The molecular weight excluding hydrogens is 384 g/mol. The van der Waals surface area contributed by atoms with Crippen molar-refractivity contribution in [2.24, 2.45) is 4.99 Å². The molecule has 1 saturated heterocycles. The third-order valence-electron chi connectivity index (χ3n) is 5.91. The molecular formula is C22H24N4O4. The van der Waals surface area contributed by atoms with Crippen molar-refractivity contribution in [3.63, 3.8) is 0 Å². The first-order valence-electron chi connectivity index (χ1n) is 10.3. The van der Waals surface area contributed by atoms with E-state index in [-0.39, 0.29) is 18.0 Å². The second-order valence-electron chi connectivity index (χ2n) is 7.75. The Hall–Kier alpha value is -3.29. The highest BCUT2D eigenvalue weighted by atomic mass is 16.5. The van der Waals surface area contributed by atoms with Crippen molar-refractivity contribution in [3.8, 4) is 5.75 Å². The normalized spacial score (nSPS) is 19.8. The maximum Gasteiger partial charge on any atom is 0.337 e. The average Bonchev–Trinajstić information content (AvgIpc) is 3.47. The Morgan fingerprint density at radius 2 is 2.03 bits per heavy atom. The quantitative estimate of drug-likeness (QED) is 0.768.